The molecule has 7 heteroatoms. The maximum Gasteiger partial charge on any atom is 0.430 e. The van der Waals surface area contributed by atoms with Crippen LogP contribution in [-0.4, -0.2) is 45.7 Å². The van der Waals surface area contributed by atoms with Gasteiger partial charge in [0.05, 0.1) is 38.2 Å². The molecule has 0 amide bonds. The van der Waals surface area contributed by atoms with Crippen molar-refractivity contribution in [2.45, 2.75) is 67.2 Å². The molecule has 5 aromatic carbocycles. The van der Waals surface area contributed by atoms with Crippen molar-refractivity contribution in [1.82, 2.24) is 0 Å². The molecule has 0 N–H and O–H groups in total. The maximum atomic E-state index is 9.33. The summed E-state index contributed by atoms with van der Waals surface area (Å²) in [6, 6.07) is 40.1. The number of unbranched alkanes of at least 4 members (excludes halogenated alkanes) is 2. The molecule has 1 saturated heterocycles. The van der Waals surface area contributed by atoms with E-state index in [1.807, 2.05) is 6.07 Å². The zero-order valence-corrected chi connectivity index (χ0v) is 32.6. The molecule has 0 saturated carbocycles. The van der Waals surface area contributed by atoms with Crippen LogP contribution >= 0.6 is 0 Å². The molecule has 0 aliphatic carbocycles. The number of benzene rings is 5. The number of hydrogen-bond acceptors (Lipinski definition) is 5. The minimum absolute atomic E-state index is 0.412. The molecule has 6 nitrogen and oxygen atoms in total. The number of ether oxygens (including phenoxy) is 3. The van der Waals surface area contributed by atoms with E-state index in [2.05, 4.69) is 148 Å². The van der Waals surface area contributed by atoms with Crippen molar-refractivity contribution in [1.29, 1.82) is 5.39 Å². The van der Waals surface area contributed by atoms with Gasteiger partial charge in [-0.1, -0.05) is 146 Å². The number of anilines is 1. The second-order valence-electron chi connectivity index (χ2n) is 14.4. The Kier molecular flexibility index (Phi) is 14.1. The van der Waals surface area contributed by atoms with Gasteiger partial charge in [0.1, 0.15) is 6.15 Å². The minimum Gasteiger partial charge on any atom is -0.491 e. The van der Waals surface area contributed by atoms with E-state index in [0.29, 0.717) is 37.9 Å². The Bertz CT molecular complexity index is 1730. The zero-order valence-electron chi connectivity index (χ0n) is 32.6. The highest BCUT2D eigenvalue weighted by Crippen LogP contribution is 2.41. The van der Waals surface area contributed by atoms with Crippen LogP contribution in [0.4, 0.5) is 11.4 Å². The molecule has 53 heavy (non-hydrogen) atoms. The average Bonchev–Trinajstić information content (AvgIpc) is 3.18. The first-order chi connectivity index (χ1) is 25.8. The largest absolute Gasteiger partial charge is 0.491 e. The minimum atomic E-state index is -1.27. The van der Waals surface area contributed by atoms with Gasteiger partial charge in [-0.05, 0) is 40.5 Å². The van der Waals surface area contributed by atoms with Crippen LogP contribution in [0.15, 0.2) is 109 Å². The first-order valence-corrected chi connectivity index (χ1v) is 19.4. The van der Waals surface area contributed by atoms with Gasteiger partial charge in [-0.15, -0.1) is 0 Å². The summed E-state index contributed by atoms with van der Waals surface area (Å²) in [6.07, 6.45) is 2.81. The molecule has 0 atom stereocenters. The Morgan fingerprint density at radius 1 is 0.585 bits per heavy atom. The Morgan fingerprint density at radius 2 is 0.962 bits per heavy atom. The average molecular weight is 710 g/mol. The van der Waals surface area contributed by atoms with Crippen LogP contribution in [0.2, 0.25) is 0 Å². The Labute approximate surface area is 317 Å². The monoisotopic (exact) mass is 709 g/mol. The third kappa shape index (κ3) is 9.69. The fourth-order valence-corrected chi connectivity index (χ4v) is 7.13. The number of morpholine rings is 1. The van der Waals surface area contributed by atoms with Gasteiger partial charge in [-0.2, -0.15) is 21.9 Å². The molecular weight excluding hydrogens is 653 g/mol. The third-order valence-electron chi connectivity index (χ3n) is 10.3. The molecule has 6 rings (SSSR count). The number of aryl methyl sites for hydroxylation is 4. The van der Waals surface area contributed by atoms with E-state index >= 15 is 0 Å². The van der Waals surface area contributed by atoms with E-state index in [0.717, 1.165) is 50.2 Å². The molecule has 1 fully saturated rings. The van der Waals surface area contributed by atoms with Crippen molar-refractivity contribution in [2.75, 3.05) is 44.4 Å². The first-order valence-electron chi connectivity index (χ1n) is 19.4. The molecule has 1 heterocycles. The second kappa shape index (κ2) is 19.1. The number of hydrogen-bond donors (Lipinski definition) is 0. The van der Waals surface area contributed by atoms with Crippen molar-refractivity contribution in [2.24, 2.45) is 0 Å². The second-order valence-corrected chi connectivity index (χ2v) is 14.4. The highest BCUT2D eigenvalue weighted by molar-refractivity contribution is 7.19. The maximum absolute atomic E-state index is 9.33. The summed E-state index contributed by atoms with van der Waals surface area (Å²) in [4.78, 5) is 5.61. The number of diazo groups is 1. The lowest BCUT2D eigenvalue weighted by Gasteiger charge is -2.44. The van der Waals surface area contributed by atoms with Crippen LogP contribution in [0.5, 0.6) is 11.5 Å². The van der Waals surface area contributed by atoms with E-state index in [-0.39, 0.29) is 0 Å². The quantitative estimate of drug-likeness (QED) is 0.0696. The summed E-state index contributed by atoms with van der Waals surface area (Å²) in [6.45, 7) is 17.2. The van der Waals surface area contributed by atoms with Crippen molar-refractivity contribution in [3.63, 3.8) is 0 Å². The lowest BCUT2D eigenvalue weighted by atomic mass is 9.13. The summed E-state index contributed by atoms with van der Waals surface area (Å²) in [7, 11) is 0. The predicted octanol–water partition coefficient (Wildman–Crippen LogP) is 8.66. The van der Waals surface area contributed by atoms with Crippen LogP contribution in [0, 0.1) is 33.1 Å². The van der Waals surface area contributed by atoms with Crippen molar-refractivity contribution in [3.8, 4) is 11.5 Å². The van der Waals surface area contributed by atoms with Gasteiger partial charge >= 0.3 is 5.69 Å². The zero-order chi connectivity index (χ0) is 37.6. The number of rotatable bonds is 13. The summed E-state index contributed by atoms with van der Waals surface area (Å²) >= 11 is 0. The smallest absolute Gasteiger partial charge is 0.430 e. The van der Waals surface area contributed by atoms with Gasteiger partial charge in [-0.25, -0.2) is 0 Å². The van der Waals surface area contributed by atoms with Gasteiger partial charge < -0.3 is 19.1 Å². The predicted molar refractivity (Wildman–Crippen MR) is 224 cm³/mol. The van der Waals surface area contributed by atoms with E-state index in [1.165, 1.54) is 44.1 Å². The fourth-order valence-electron chi connectivity index (χ4n) is 7.13. The van der Waals surface area contributed by atoms with Crippen LogP contribution in [0.1, 0.15) is 61.8 Å². The molecule has 0 unspecified atom stereocenters. The van der Waals surface area contributed by atoms with E-state index in [4.69, 9.17) is 14.2 Å². The lowest BCUT2D eigenvalue weighted by Crippen LogP contribution is -2.74. The highest BCUT2D eigenvalue weighted by atomic mass is 16.5. The Balaban J connectivity index is 0.000000209. The summed E-state index contributed by atoms with van der Waals surface area (Å²) < 4.78 is 17.2. The summed E-state index contributed by atoms with van der Waals surface area (Å²) in [5.41, 5.74) is 12.0. The molecule has 5 aromatic rings. The summed E-state index contributed by atoms with van der Waals surface area (Å²) in [5.74, 6) is 1.33. The third-order valence-corrected chi connectivity index (χ3v) is 10.3. The summed E-state index contributed by atoms with van der Waals surface area (Å²) in [5, 5.41) is 9.33. The molecular formula is C46H56BN3O3. The molecule has 0 aromatic heterocycles. The lowest BCUT2D eigenvalue weighted by molar-refractivity contribution is 0.122. The molecule has 276 valence electrons. The van der Waals surface area contributed by atoms with E-state index < -0.39 is 6.15 Å². The van der Waals surface area contributed by atoms with Crippen molar-refractivity contribution >= 4 is 39.4 Å². The SMILES string of the molecule is CCCCOc1cc(N2CCOCC2)c(OCCCC)cc1[N+]#N.Cc1ccc([B-](c2ccc(C)cc2)(c2ccc(C)cc2)c2ccc(C)cc2)cc1. The molecule has 0 radical (unpaired) electrons. The van der Waals surface area contributed by atoms with E-state index in [1.54, 1.807) is 6.07 Å². The molecule has 1 aliphatic heterocycles. The van der Waals surface area contributed by atoms with Gasteiger partial charge in [0.2, 0.25) is 11.1 Å². The van der Waals surface area contributed by atoms with Gasteiger partial charge in [0.15, 0.2) is 10.7 Å². The Morgan fingerprint density at radius 3 is 1.32 bits per heavy atom. The molecule has 1 aliphatic rings. The Hall–Kier alpha value is -5.06. The first kappa shape index (κ1) is 39.2. The molecule has 0 spiro atoms. The topological polar surface area (TPSA) is 59.1 Å². The van der Waals surface area contributed by atoms with Crippen molar-refractivity contribution < 1.29 is 14.2 Å². The fraction of sp³-hybridized carbons (Fsp3) is 0.348. The normalized spacial score (nSPS) is 12.7. The molecule has 0 bridgehead atoms. The van der Waals surface area contributed by atoms with Crippen LogP contribution in [0.25, 0.3) is 4.98 Å². The van der Waals surface area contributed by atoms with Gasteiger partial charge in [0, 0.05) is 19.2 Å². The highest BCUT2D eigenvalue weighted by Gasteiger charge is 2.31. The van der Waals surface area contributed by atoms with Crippen LogP contribution in [-0.2, 0) is 4.74 Å². The van der Waals surface area contributed by atoms with Crippen molar-refractivity contribution in [3.05, 3.63) is 136 Å². The van der Waals surface area contributed by atoms with Gasteiger partial charge in [-0.3, -0.25) is 0 Å². The van der Waals surface area contributed by atoms with E-state index in [9.17, 15) is 5.39 Å². The van der Waals surface area contributed by atoms with Crippen LogP contribution in [0.3, 0.4) is 0 Å². The van der Waals surface area contributed by atoms with Gasteiger partial charge in [0.25, 0.3) is 0 Å². The number of nitrogens with zero attached hydrogens (tertiary/aromatic N) is 3. The van der Waals surface area contributed by atoms with Crippen LogP contribution < -0.4 is 36.2 Å². The standard InChI is InChI=1S/C28H28B.C18H28N3O3/c1-21-5-13-25(14-6-21)29(26-15-7-22(2)8-16-26,27-17-9-23(3)10-18-27)28-19-11-24(4)12-20-28;1-3-5-9-23-17-14-16(21-7-11-22-12-8-21)18(13-15(17)20-19)24-10-6-4-2/h5-20H,1-4H3;13-14H,3-12H2,1-2H3/q-1;+1.